The van der Waals surface area contributed by atoms with Crippen LogP contribution in [-0.4, -0.2) is 16.6 Å². The number of anilines is 1. The molecule has 0 bridgehead atoms. The molecule has 0 aliphatic carbocycles. The van der Waals surface area contributed by atoms with Crippen LogP contribution in [0.4, 0.5) is 5.82 Å². The zero-order valence-corrected chi connectivity index (χ0v) is 12.2. The van der Waals surface area contributed by atoms with Crippen LogP contribution in [0.3, 0.4) is 0 Å². The van der Waals surface area contributed by atoms with Crippen molar-refractivity contribution in [3.8, 4) is 11.1 Å². The topological polar surface area (TPSA) is 45.1 Å². The summed E-state index contributed by atoms with van der Waals surface area (Å²) in [6.45, 7) is 0.432. The number of rotatable bonds is 5. The van der Waals surface area contributed by atoms with E-state index in [9.17, 15) is 5.11 Å². The third kappa shape index (κ3) is 3.51. The standard InChI is InChI=1S/C19H18N2O/c22-18(14-21-19-8-4-5-13-20-19)17-11-9-16(10-12-17)15-6-2-1-3-7-15/h1-13,18,22H,14H2,(H,20,21). The van der Waals surface area contributed by atoms with Crippen molar-refractivity contribution in [3.05, 3.63) is 84.6 Å². The quantitative estimate of drug-likeness (QED) is 0.749. The fourth-order valence-corrected chi connectivity index (χ4v) is 2.31. The monoisotopic (exact) mass is 290 g/mol. The van der Waals surface area contributed by atoms with Crippen molar-refractivity contribution in [2.45, 2.75) is 6.10 Å². The normalized spacial score (nSPS) is 11.9. The van der Waals surface area contributed by atoms with Crippen LogP contribution in [0.15, 0.2) is 79.0 Å². The average Bonchev–Trinajstić information content (AvgIpc) is 2.61. The summed E-state index contributed by atoms with van der Waals surface area (Å²) in [5.74, 6) is 0.766. The number of aliphatic hydroxyl groups is 1. The highest BCUT2D eigenvalue weighted by Crippen LogP contribution is 2.22. The van der Waals surface area contributed by atoms with Gasteiger partial charge in [-0.05, 0) is 28.8 Å². The molecule has 0 aliphatic rings. The van der Waals surface area contributed by atoms with Gasteiger partial charge in [0.1, 0.15) is 5.82 Å². The van der Waals surface area contributed by atoms with Gasteiger partial charge in [0.25, 0.3) is 0 Å². The summed E-state index contributed by atoms with van der Waals surface area (Å²) in [7, 11) is 0. The first-order valence-electron chi connectivity index (χ1n) is 7.31. The molecule has 0 aliphatic heterocycles. The van der Waals surface area contributed by atoms with Crippen molar-refractivity contribution in [1.82, 2.24) is 4.98 Å². The van der Waals surface area contributed by atoms with Crippen molar-refractivity contribution in [3.63, 3.8) is 0 Å². The molecule has 110 valence electrons. The Hall–Kier alpha value is -2.65. The van der Waals surface area contributed by atoms with Crippen LogP contribution in [0, 0.1) is 0 Å². The molecule has 3 rings (SSSR count). The number of pyridine rings is 1. The third-order valence-corrected chi connectivity index (χ3v) is 3.54. The molecule has 0 saturated carbocycles. The van der Waals surface area contributed by atoms with E-state index in [1.807, 2.05) is 60.7 Å². The SMILES string of the molecule is OC(CNc1ccccn1)c1ccc(-c2ccccc2)cc1. The lowest BCUT2D eigenvalue weighted by atomic mass is 10.0. The van der Waals surface area contributed by atoms with Crippen LogP contribution in [0.2, 0.25) is 0 Å². The van der Waals surface area contributed by atoms with E-state index in [0.29, 0.717) is 6.54 Å². The maximum atomic E-state index is 10.3. The summed E-state index contributed by atoms with van der Waals surface area (Å²) in [6.07, 6.45) is 1.16. The fourth-order valence-electron chi connectivity index (χ4n) is 2.31. The highest BCUT2D eigenvalue weighted by atomic mass is 16.3. The van der Waals surface area contributed by atoms with Gasteiger partial charge in [0.15, 0.2) is 0 Å². The van der Waals surface area contributed by atoms with Crippen LogP contribution in [0.25, 0.3) is 11.1 Å². The molecule has 0 radical (unpaired) electrons. The minimum absolute atomic E-state index is 0.432. The second-order valence-electron chi connectivity index (χ2n) is 5.10. The fraction of sp³-hybridized carbons (Fsp3) is 0.105. The Bertz CT molecular complexity index is 697. The Morgan fingerprint density at radius 3 is 2.18 bits per heavy atom. The minimum Gasteiger partial charge on any atom is -0.387 e. The van der Waals surface area contributed by atoms with Crippen molar-refractivity contribution >= 4 is 5.82 Å². The van der Waals surface area contributed by atoms with Crippen LogP contribution < -0.4 is 5.32 Å². The van der Waals surface area contributed by atoms with Gasteiger partial charge in [-0.2, -0.15) is 0 Å². The van der Waals surface area contributed by atoms with Crippen molar-refractivity contribution in [2.24, 2.45) is 0 Å². The van der Waals surface area contributed by atoms with Gasteiger partial charge >= 0.3 is 0 Å². The van der Waals surface area contributed by atoms with E-state index in [1.54, 1.807) is 6.20 Å². The van der Waals surface area contributed by atoms with Crippen LogP contribution >= 0.6 is 0 Å². The molecule has 0 saturated heterocycles. The van der Waals surface area contributed by atoms with Gasteiger partial charge in [-0.3, -0.25) is 0 Å². The van der Waals surface area contributed by atoms with Gasteiger partial charge in [-0.15, -0.1) is 0 Å². The zero-order valence-electron chi connectivity index (χ0n) is 12.2. The van der Waals surface area contributed by atoms with Crippen molar-refractivity contribution in [2.75, 3.05) is 11.9 Å². The van der Waals surface area contributed by atoms with Gasteiger partial charge in [0, 0.05) is 12.7 Å². The highest BCUT2D eigenvalue weighted by molar-refractivity contribution is 5.63. The Balaban J connectivity index is 1.65. The molecule has 3 aromatic rings. The van der Waals surface area contributed by atoms with Crippen molar-refractivity contribution in [1.29, 1.82) is 0 Å². The number of hydrogen-bond acceptors (Lipinski definition) is 3. The molecule has 0 fully saturated rings. The molecule has 2 aromatic carbocycles. The number of hydrogen-bond donors (Lipinski definition) is 2. The molecule has 0 amide bonds. The Morgan fingerprint density at radius 2 is 1.50 bits per heavy atom. The number of nitrogens with zero attached hydrogens (tertiary/aromatic N) is 1. The molecule has 1 atom stereocenters. The third-order valence-electron chi connectivity index (χ3n) is 3.54. The summed E-state index contributed by atoms with van der Waals surface area (Å²) in [5, 5.41) is 13.4. The Morgan fingerprint density at radius 1 is 0.818 bits per heavy atom. The Labute approximate surface area is 130 Å². The van der Waals surface area contributed by atoms with E-state index >= 15 is 0 Å². The second-order valence-corrected chi connectivity index (χ2v) is 5.10. The molecule has 1 aromatic heterocycles. The van der Waals surface area contributed by atoms with E-state index < -0.39 is 6.10 Å². The molecule has 3 nitrogen and oxygen atoms in total. The van der Waals surface area contributed by atoms with Gasteiger partial charge in [0.05, 0.1) is 6.10 Å². The zero-order chi connectivity index (χ0) is 15.2. The molecule has 1 unspecified atom stereocenters. The van der Waals surface area contributed by atoms with Gasteiger partial charge in [0.2, 0.25) is 0 Å². The molecular formula is C19H18N2O. The van der Waals surface area contributed by atoms with Crippen LogP contribution in [0.5, 0.6) is 0 Å². The summed E-state index contributed by atoms with van der Waals surface area (Å²) >= 11 is 0. The van der Waals surface area contributed by atoms with E-state index in [-0.39, 0.29) is 0 Å². The lowest BCUT2D eigenvalue weighted by Crippen LogP contribution is -2.12. The first-order chi connectivity index (χ1) is 10.8. The predicted molar refractivity (Wildman–Crippen MR) is 89.6 cm³/mol. The first-order valence-corrected chi connectivity index (χ1v) is 7.31. The van der Waals surface area contributed by atoms with Gasteiger partial charge in [-0.25, -0.2) is 4.98 Å². The van der Waals surface area contributed by atoms with Crippen molar-refractivity contribution < 1.29 is 5.11 Å². The smallest absolute Gasteiger partial charge is 0.125 e. The van der Waals surface area contributed by atoms with Crippen LogP contribution in [-0.2, 0) is 0 Å². The average molecular weight is 290 g/mol. The number of aromatic nitrogens is 1. The largest absolute Gasteiger partial charge is 0.387 e. The first kappa shape index (κ1) is 14.3. The van der Waals surface area contributed by atoms with E-state index in [0.717, 1.165) is 16.9 Å². The maximum absolute atomic E-state index is 10.3. The van der Waals surface area contributed by atoms with Gasteiger partial charge in [-0.1, -0.05) is 60.7 Å². The number of nitrogens with one attached hydrogen (secondary N) is 1. The lowest BCUT2D eigenvalue weighted by Gasteiger charge is -2.13. The molecular weight excluding hydrogens is 272 g/mol. The summed E-state index contributed by atoms with van der Waals surface area (Å²) < 4.78 is 0. The van der Waals surface area contributed by atoms with Gasteiger partial charge < -0.3 is 10.4 Å². The number of aliphatic hydroxyl groups excluding tert-OH is 1. The van der Waals surface area contributed by atoms with Crippen LogP contribution in [0.1, 0.15) is 11.7 Å². The number of benzene rings is 2. The minimum atomic E-state index is -0.563. The second kappa shape index (κ2) is 6.87. The van der Waals surface area contributed by atoms with E-state index in [2.05, 4.69) is 22.4 Å². The molecule has 0 spiro atoms. The lowest BCUT2D eigenvalue weighted by molar-refractivity contribution is 0.191. The molecule has 1 heterocycles. The molecule has 22 heavy (non-hydrogen) atoms. The molecule has 2 N–H and O–H groups in total. The molecule has 3 heteroatoms. The predicted octanol–water partition coefficient (Wildman–Crippen LogP) is 3.89. The summed E-state index contributed by atoms with van der Waals surface area (Å²) in [4.78, 5) is 4.18. The summed E-state index contributed by atoms with van der Waals surface area (Å²) in [6, 6.07) is 23.9. The summed E-state index contributed by atoms with van der Waals surface area (Å²) in [5.41, 5.74) is 3.22. The Kier molecular flexibility index (Phi) is 4.47. The maximum Gasteiger partial charge on any atom is 0.125 e. The van der Waals surface area contributed by atoms with E-state index in [1.165, 1.54) is 5.56 Å². The highest BCUT2D eigenvalue weighted by Gasteiger charge is 2.07. The van der Waals surface area contributed by atoms with E-state index in [4.69, 9.17) is 0 Å².